The predicted molar refractivity (Wildman–Crippen MR) is 83.6 cm³/mol. The molecule has 2 rings (SSSR count). The Morgan fingerprint density at radius 1 is 1.48 bits per heavy atom. The van der Waals surface area contributed by atoms with Crippen LogP contribution in [0.1, 0.15) is 38.2 Å². The summed E-state index contributed by atoms with van der Waals surface area (Å²) in [5.74, 6) is 6.09. The van der Waals surface area contributed by atoms with Gasteiger partial charge in [0.25, 0.3) is 0 Å². The fourth-order valence-electron chi connectivity index (χ4n) is 3.27. The molecule has 1 aromatic carbocycles. The van der Waals surface area contributed by atoms with Gasteiger partial charge in [0.2, 0.25) is 0 Å². The van der Waals surface area contributed by atoms with E-state index in [0.29, 0.717) is 12.3 Å². The van der Waals surface area contributed by atoms with Crippen molar-refractivity contribution < 1.29 is 9.13 Å². The first kappa shape index (κ1) is 16.7. The van der Waals surface area contributed by atoms with Crippen LogP contribution in [0.4, 0.5) is 4.39 Å². The topological polar surface area (TPSA) is 47.3 Å². The lowest BCUT2D eigenvalue weighted by atomic mass is 9.74. The van der Waals surface area contributed by atoms with Crippen LogP contribution < -0.4 is 11.3 Å². The molecular formula is C16H24ClFN2O. The number of halogens is 2. The van der Waals surface area contributed by atoms with Gasteiger partial charge in [0.05, 0.1) is 16.7 Å². The SMILES string of the molecule is COC1(C(Cc2cccc(F)c2Cl)NN)CCC(C)CC1. The van der Waals surface area contributed by atoms with Crippen LogP contribution in [0.2, 0.25) is 5.02 Å². The minimum Gasteiger partial charge on any atom is -0.377 e. The summed E-state index contributed by atoms with van der Waals surface area (Å²) in [4.78, 5) is 0. The fourth-order valence-corrected chi connectivity index (χ4v) is 3.47. The highest BCUT2D eigenvalue weighted by molar-refractivity contribution is 6.31. The predicted octanol–water partition coefficient (Wildman–Crippen LogP) is 3.45. The van der Waals surface area contributed by atoms with Gasteiger partial charge in [0, 0.05) is 7.11 Å². The average molecular weight is 315 g/mol. The van der Waals surface area contributed by atoms with E-state index in [0.717, 1.165) is 31.2 Å². The van der Waals surface area contributed by atoms with Crippen molar-refractivity contribution in [2.24, 2.45) is 11.8 Å². The summed E-state index contributed by atoms with van der Waals surface area (Å²) >= 11 is 6.06. The van der Waals surface area contributed by atoms with Gasteiger partial charge in [-0.2, -0.15) is 0 Å². The first-order valence-corrected chi connectivity index (χ1v) is 7.84. The summed E-state index contributed by atoms with van der Waals surface area (Å²) in [5.41, 5.74) is 3.32. The summed E-state index contributed by atoms with van der Waals surface area (Å²) in [6.07, 6.45) is 4.68. The summed E-state index contributed by atoms with van der Waals surface area (Å²) < 4.78 is 19.4. The van der Waals surface area contributed by atoms with Gasteiger partial charge in [-0.3, -0.25) is 11.3 Å². The third-order valence-corrected chi connectivity index (χ3v) is 5.24. The molecule has 118 valence electrons. The van der Waals surface area contributed by atoms with E-state index in [2.05, 4.69) is 12.3 Å². The van der Waals surface area contributed by atoms with Crippen molar-refractivity contribution in [1.82, 2.24) is 5.43 Å². The largest absolute Gasteiger partial charge is 0.377 e. The molecule has 0 bridgehead atoms. The summed E-state index contributed by atoms with van der Waals surface area (Å²) in [7, 11) is 1.73. The molecule has 0 saturated heterocycles. The minimum atomic E-state index is -0.395. The highest BCUT2D eigenvalue weighted by atomic mass is 35.5. The number of hydrogen-bond acceptors (Lipinski definition) is 3. The maximum absolute atomic E-state index is 13.6. The molecular weight excluding hydrogens is 291 g/mol. The molecule has 0 aromatic heterocycles. The second-order valence-electron chi connectivity index (χ2n) is 6.09. The highest BCUT2D eigenvalue weighted by Crippen LogP contribution is 2.38. The zero-order valence-electron chi connectivity index (χ0n) is 12.7. The number of nitrogens with two attached hydrogens (primary N) is 1. The van der Waals surface area contributed by atoms with Gasteiger partial charge in [-0.15, -0.1) is 0 Å². The molecule has 1 unspecified atom stereocenters. The van der Waals surface area contributed by atoms with Crippen LogP contribution in [-0.2, 0) is 11.2 Å². The number of hydrogen-bond donors (Lipinski definition) is 2. The standard InChI is InChI=1S/C16H24ClFN2O/c1-11-6-8-16(21-2,9-7-11)14(20-19)10-12-4-3-5-13(18)15(12)17/h3-5,11,14,20H,6-10,19H2,1-2H3. The fraction of sp³-hybridized carbons (Fsp3) is 0.625. The molecule has 3 N–H and O–H groups in total. The van der Waals surface area contributed by atoms with Crippen molar-refractivity contribution in [2.45, 2.75) is 50.7 Å². The van der Waals surface area contributed by atoms with Crippen molar-refractivity contribution in [2.75, 3.05) is 7.11 Å². The van der Waals surface area contributed by atoms with E-state index in [4.69, 9.17) is 22.2 Å². The monoisotopic (exact) mass is 314 g/mol. The van der Waals surface area contributed by atoms with E-state index in [1.165, 1.54) is 6.07 Å². The molecule has 1 aromatic rings. The van der Waals surface area contributed by atoms with Crippen LogP contribution in [0, 0.1) is 11.7 Å². The number of methoxy groups -OCH3 is 1. The quantitative estimate of drug-likeness (QED) is 0.646. The normalized spacial score (nSPS) is 27.6. The molecule has 1 atom stereocenters. The lowest BCUT2D eigenvalue weighted by Crippen LogP contribution is -2.57. The second kappa shape index (κ2) is 7.05. The van der Waals surface area contributed by atoms with Crippen molar-refractivity contribution >= 4 is 11.6 Å². The Morgan fingerprint density at radius 2 is 2.14 bits per heavy atom. The number of ether oxygens (including phenoxy) is 1. The number of hydrazine groups is 1. The summed E-state index contributed by atoms with van der Waals surface area (Å²) in [6, 6.07) is 4.79. The van der Waals surface area contributed by atoms with E-state index in [1.807, 2.05) is 6.07 Å². The molecule has 0 spiro atoms. The van der Waals surface area contributed by atoms with E-state index < -0.39 is 5.82 Å². The zero-order chi connectivity index (χ0) is 15.5. The highest BCUT2D eigenvalue weighted by Gasteiger charge is 2.41. The van der Waals surface area contributed by atoms with Crippen LogP contribution in [0.3, 0.4) is 0 Å². The van der Waals surface area contributed by atoms with Crippen molar-refractivity contribution in [3.05, 3.63) is 34.6 Å². The molecule has 1 aliphatic rings. The Bertz CT molecular complexity index is 475. The van der Waals surface area contributed by atoms with Gasteiger partial charge in [-0.1, -0.05) is 30.7 Å². The molecule has 3 nitrogen and oxygen atoms in total. The van der Waals surface area contributed by atoms with E-state index in [-0.39, 0.29) is 16.7 Å². The van der Waals surface area contributed by atoms with E-state index in [1.54, 1.807) is 13.2 Å². The number of nitrogens with one attached hydrogen (secondary N) is 1. The molecule has 0 heterocycles. The molecule has 21 heavy (non-hydrogen) atoms. The van der Waals surface area contributed by atoms with Gasteiger partial charge in [0.15, 0.2) is 0 Å². The summed E-state index contributed by atoms with van der Waals surface area (Å²) in [5, 5.41) is 0.174. The van der Waals surface area contributed by atoms with Gasteiger partial charge < -0.3 is 4.74 Å². The Labute approximate surface area is 131 Å². The van der Waals surface area contributed by atoms with Crippen LogP contribution in [0.25, 0.3) is 0 Å². The Hall–Kier alpha value is -0.680. The molecule has 1 fully saturated rings. The smallest absolute Gasteiger partial charge is 0.142 e. The lowest BCUT2D eigenvalue weighted by Gasteiger charge is -2.44. The minimum absolute atomic E-state index is 0.0886. The third kappa shape index (κ3) is 3.57. The average Bonchev–Trinajstić information content (AvgIpc) is 2.50. The molecule has 5 heteroatoms. The molecule has 0 amide bonds. The first-order chi connectivity index (χ1) is 10.0. The molecule has 1 saturated carbocycles. The lowest BCUT2D eigenvalue weighted by molar-refractivity contribution is -0.0746. The Kier molecular flexibility index (Phi) is 5.60. The van der Waals surface area contributed by atoms with Crippen LogP contribution >= 0.6 is 11.6 Å². The molecule has 0 aliphatic heterocycles. The maximum Gasteiger partial charge on any atom is 0.142 e. The Balaban J connectivity index is 2.20. The van der Waals surface area contributed by atoms with Crippen molar-refractivity contribution in [3.63, 3.8) is 0 Å². The second-order valence-corrected chi connectivity index (χ2v) is 6.47. The van der Waals surface area contributed by atoms with Gasteiger partial charge in [0.1, 0.15) is 5.82 Å². The maximum atomic E-state index is 13.6. The summed E-state index contributed by atoms with van der Waals surface area (Å²) in [6.45, 7) is 2.26. The Morgan fingerprint density at radius 3 is 2.71 bits per heavy atom. The van der Waals surface area contributed by atoms with Crippen LogP contribution in [0.5, 0.6) is 0 Å². The molecule has 1 aliphatic carbocycles. The number of benzene rings is 1. The molecule has 0 radical (unpaired) electrons. The van der Waals surface area contributed by atoms with Crippen molar-refractivity contribution in [3.8, 4) is 0 Å². The van der Waals surface area contributed by atoms with E-state index >= 15 is 0 Å². The number of rotatable bonds is 5. The van der Waals surface area contributed by atoms with E-state index in [9.17, 15) is 4.39 Å². The van der Waals surface area contributed by atoms with Crippen LogP contribution in [-0.4, -0.2) is 18.8 Å². The first-order valence-electron chi connectivity index (χ1n) is 7.46. The van der Waals surface area contributed by atoms with Crippen molar-refractivity contribution in [1.29, 1.82) is 0 Å². The van der Waals surface area contributed by atoms with Crippen LogP contribution in [0.15, 0.2) is 18.2 Å². The van der Waals surface area contributed by atoms with Gasteiger partial charge >= 0.3 is 0 Å². The van der Waals surface area contributed by atoms with Gasteiger partial charge in [-0.05, 0) is 49.7 Å². The zero-order valence-corrected chi connectivity index (χ0v) is 13.4. The third-order valence-electron chi connectivity index (χ3n) is 4.82. The van der Waals surface area contributed by atoms with Gasteiger partial charge in [-0.25, -0.2) is 4.39 Å².